The number of hydrogen-bond donors (Lipinski definition) is 1. The van der Waals surface area contributed by atoms with Gasteiger partial charge in [0.2, 0.25) is 5.88 Å². The highest BCUT2D eigenvalue weighted by atomic mass is 19.1. The molecule has 0 saturated carbocycles. The molecule has 0 radical (unpaired) electrons. The van der Waals surface area contributed by atoms with Crippen molar-refractivity contribution < 1.29 is 22.6 Å². The van der Waals surface area contributed by atoms with Crippen LogP contribution in [0.25, 0.3) is 23.1 Å². The Bertz CT molecular complexity index is 1720. The van der Waals surface area contributed by atoms with Crippen molar-refractivity contribution in [1.82, 2.24) is 25.2 Å². The van der Waals surface area contributed by atoms with Crippen molar-refractivity contribution in [3.8, 4) is 11.9 Å². The van der Waals surface area contributed by atoms with Gasteiger partial charge in [-0.15, -0.1) is 0 Å². The lowest BCUT2D eigenvalue weighted by Gasteiger charge is -2.40. The average molecular weight is 579 g/mol. The van der Waals surface area contributed by atoms with Gasteiger partial charge in [-0.25, -0.2) is 18.2 Å². The van der Waals surface area contributed by atoms with E-state index in [1.807, 2.05) is 0 Å². The zero-order chi connectivity index (χ0) is 28.7. The van der Waals surface area contributed by atoms with Gasteiger partial charge in [0.05, 0.1) is 11.6 Å². The van der Waals surface area contributed by atoms with Crippen molar-refractivity contribution in [3.63, 3.8) is 0 Å². The Morgan fingerprint density at radius 2 is 2.10 bits per heavy atom. The highest BCUT2D eigenvalue weighted by Crippen LogP contribution is 2.43. The molecule has 2 bridgehead atoms. The van der Waals surface area contributed by atoms with Gasteiger partial charge in [0.15, 0.2) is 5.82 Å². The van der Waals surface area contributed by atoms with E-state index < -0.39 is 23.3 Å². The smallest absolute Gasteiger partial charge is 0.319 e. The third-order valence-electron chi connectivity index (χ3n) is 9.99. The second-order valence-electron chi connectivity index (χ2n) is 12.5. The van der Waals surface area contributed by atoms with Crippen LogP contribution in [-0.4, -0.2) is 82.5 Å². The number of rotatable bonds is 4. The molecule has 0 aliphatic carbocycles. The maximum Gasteiger partial charge on any atom is 0.319 e. The molecule has 7 heterocycles. The van der Waals surface area contributed by atoms with Crippen LogP contribution in [0, 0.1) is 11.6 Å². The van der Waals surface area contributed by atoms with Gasteiger partial charge >= 0.3 is 6.01 Å². The molecule has 0 spiro atoms. The summed E-state index contributed by atoms with van der Waals surface area (Å²) in [5.41, 5.74) is -0.154. The van der Waals surface area contributed by atoms with E-state index in [-0.39, 0.29) is 53.1 Å². The summed E-state index contributed by atoms with van der Waals surface area (Å²) in [5.74, 6) is -0.470. The Balaban J connectivity index is 1.30. The predicted octanol–water partition coefficient (Wildman–Crippen LogP) is 2.59. The molecule has 1 unspecified atom stereocenters. The molecule has 5 aliphatic heterocycles. The molecule has 5 atom stereocenters. The van der Waals surface area contributed by atoms with Crippen LogP contribution in [0.2, 0.25) is 0 Å². The Hall–Kier alpha value is -3.44. The monoisotopic (exact) mass is 578 g/mol. The predicted molar refractivity (Wildman–Crippen MR) is 152 cm³/mol. The minimum atomic E-state index is -0.895. The van der Waals surface area contributed by atoms with Gasteiger partial charge in [-0.05, 0) is 56.0 Å². The molecule has 1 aromatic carbocycles. The van der Waals surface area contributed by atoms with Gasteiger partial charge in [0.1, 0.15) is 47.6 Å². The first-order chi connectivity index (χ1) is 20.3. The minimum Gasteiger partial charge on any atom is -0.475 e. The van der Waals surface area contributed by atoms with Gasteiger partial charge in [0.25, 0.3) is 0 Å². The van der Waals surface area contributed by atoms with Crippen LogP contribution in [0.15, 0.2) is 18.2 Å². The van der Waals surface area contributed by atoms with E-state index >= 15 is 4.39 Å². The molecule has 0 amide bonds. The fraction of sp³-hybridized carbons (Fsp3) is 0.516. The van der Waals surface area contributed by atoms with Crippen molar-refractivity contribution in [2.45, 2.75) is 68.9 Å². The normalized spacial score (nSPS) is 30.6. The molecule has 11 heteroatoms. The van der Waals surface area contributed by atoms with Gasteiger partial charge in [-0.1, -0.05) is 18.7 Å². The van der Waals surface area contributed by atoms with Crippen molar-refractivity contribution in [2.75, 3.05) is 37.7 Å². The topological polar surface area (TPSA) is 75.6 Å². The number of fused-ring (bicyclic) bond motifs is 6. The number of alkyl halides is 1. The molecule has 4 fully saturated rings. The summed E-state index contributed by atoms with van der Waals surface area (Å²) in [5, 5.41) is 4.67. The Morgan fingerprint density at radius 1 is 1.21 bits per heavy atom. The summed E-state index contributed by atoms with van der Waals surface area (Å²) in [6.07, 6.45) is 3.37. The van der Waals surface area contributed by atoms with Crippen molar-refractivity contribution in [1.29, 1.82) is 0 Å². The lowest BCUT2D eigenvalue weighted by atomic mass is 9.95. The highest BCUT2D eigenvalue weighted by Gasteiger charge is 2.50. The third-order valence-corrected chi connectivity index (χ3v) is 9.99. The van der Waals surface area contributed by atoms with Gasteiger partial charge in [0, 0.05) is 36.8 Å². The first-order valence-electron chi connectivity index (χ1n) is 14.8. The molecular weight excluding hydrogens is 545 g/mol. The van der Waals surface area contributed by atoms with Crippen molar-refractivity contribution in [2.24, 2.45) is 0 Å². The Morgan fingerprint density at radius 3 is 2.95 bits per heavy atom. The Labute approximate surface area is 241 Å². The van der Waals surface area contributed by atoms with E-state index in [1.165, 1.54) is 6.07 Å². The molecule has 220 valence electrons. The quantitative estimate of drug-likeness (QED) is 0.507. The molecule has 4 saturated heterocycles. The van der Waals surface area contributed by atoms with E-state index in [4.69, 9.17) is 14.5 Å². The second kappa shape index (κ2) is 9.54. The van der Waals surface area contributed by atoms with E-state index in [9.17, 15) is 8.78 Å². The lowest BCUT2D eigenvalue weighted by Crippen LogP contribution is -2.60. The average Bonchev–Trinajstić information content (AvgIpc) is 3.60. The summed E-state index contributed by atoms with van der Waals surface area (Å²) < 4.78 is 58.5. The number of ether oxygens (including phenoxy) is 2. The molecule has 2 aromatic heterocycles. The molecule has 8 rings (SSSR count). The van der Waals surface area contributed by atoms with Crippen molar-refractivity contribution in [3.05, 3.63) is 46.0 Å². The first-order valence-corrected chi connectivity index (χ1v) is 14.8. The van der Waals surface area contributed by atoms with Gasteiger partial charge in [-0.2, -0.15) is 9.97 Å². The zero-order valence-electron chi connectivity index (χ0n) is 23.5. The molecule has 42 heavy (non-hydrogen) atoms. The third kappa shape index (κ3) is 3.92. The number of piperazine rings is 1. The molecule has 5 aliphatic rings. The number of aromatic nitrogens is 3. The molecule has 1 N–H and O–H groups in total. The fourth-order valence-electron chi connectivity index (χ4n) is 7.99. The number of pyridine rings is 1. The fourth-order valence-corrected chi connectivity index (χ4v) is 7.99. The number of hydrogen-bond acceptors (Lipinski definition) is 8. The summed E-state index contributed by atoms with van der Waals surface area (Å²) in [6.45, 7) is 8.06. The lowest BCUT2D eigenvalue weighted by molar-refractivity contribution is 0.107. The second-order valence-corrected chi connectivity index (χ2v) is 12.5. The summed E-state index contributed by atoms with van der Waals surface area (Å²) in [6, 6.07) is 5.05. The standard InChI is InChI=1S/C31H33F3N6O2/c1-16-5-3-6-20(33)23(16)17(2)26-25(34)27-24-28(40-13-19-7-8-21(35-19)22(40)14-41-29(24)36-26)38-30(37-27)42-15-31-9-4-10-39(31)12-18(32)11-31/h3,5-6,18-19,21-22,35H,1,4,7-15H2,2H3/b23-17-/t18-,19-,21?,22-,31+/m0/s1. The van der Waals surface area contributed by atoms with Crippen LogP contribution in [0.5, 0.6) is 11.9 Å². The Kier molecular flexibility index (Phi) is 5.95. The van der Waals surface area contributed by atoms with E-state index in [0.717, 1.165) is 32.2 Å². The largest absolute Gasteiger partial charge is 0.475 e. The van der Waals surface area contributed by atoms with Gasteiger partial charge < -0.3 is 19.7 Å². The number of nitrogens with zero attached hydrogens (tertiary/aromatic N) is 5. The van der Waals surface area contributed by atoms with Crippen LogP contribution < -0.4 is 30.1 Å². The minimum absolute atomic E-state index is 0.0124. The number of anilines is 1. The van der Waals surface area contributed by atoms with Crippen molar-refractivity contribution >= 4 is 28.9 Å². The maximum atomic E-state index is 16.6. The number of nitrogens with one attached hydrogen (secondary N) is 1. The van der Waals surface area contributed by atoms with Crippen LogP contribution >= 0.6 is 0 Å². The van der Waals surface area contributed by atoms with Crippen LogP contribution in [0.1, 0.15) is 44.7 Å². The summed E-state index contributed by atoms with van der Waals surface area (Å²) >= 11 is 0. The SMILES string of the molecule is C=c1cccc(F)/c1=C(/C)c1nc2c3c(nc(OC[C@]45CCCN4C[C@@H](F)C5)nc3c1F)N1C[C@@H]3CCC(N3)[C@@H]1CO2. The van der Waals surface area contributed by atoms with Crippen LogP contribution in [-0.2, 0) is 0 Å². The van der Waals surface area contributed by atoms with E-state index in [0.29, 0.717) is 48.1 Å². The van der Waals surface area contributed by atoms with E-state index in [1.54, 1.807) is 19.1 Å². The maximum absolute atomic E-state index is 16.6. The number of benzene rings is 1. The van der Waals surface area contributed by atoms with Crippen LogP contribution in [0.4, 0.5) is 19.0 Å². The first kappa shape index (κ1) is 26.2. The zero-order valence-corrected chi connectivity index (χ0v) is 23.5. The highest BCUT2D eigenvalue weighted by molar-refractivity contribution is 5.96. The molecular formula is C31H33F3N6O2. The molecule has 8 nitrogen and oxygen atoms in total. The molecule has 3 aromatic rings. The van der Waals surface area contributed by atoms with Crippen LogP contribution in [0.3, 0.4) is 0 Å². The van der Waals surface area contributed by atoms with E-state index in [2.05, 4.69) is 31.7 Å². The summed E-state index contributed by atoms with van der Waals surface area (Å²) in [7, 11) is 0. The number of halogens is 3. The van der Waals surface area contributed by atoms with Gasteiger partial charge in [-0.3, -0.25) is 4.90 Å². The summed E-state index contributed by atoms with van der Waals surface area (Å²) in [4.78, 5) is 18.4.